The first-order chi connectivity index (χ1) is 7.93. The van der Waals surface area contributed by atoms with Gasteiger partial charge in [-0.25, -0.2) is 0 Å². The van der Waals surface area contributed by atoms with Crippen molar-refractivity contribution < 1.29 is 0 Å². The second-order valence-electron chi connectivity index (χ2n) is 5.41. The van der Waals surface area contributed by atoms with Gasteiger partial charge in [-0.3, -0.25) is 0 Å². The van der Waals surface area contributed by atoms with Crippen molar-refractivity contribution in [1.82, 2.24) is 5.32 Å². The van der Waals surface area contributed by atoms with Gasteiger partial charge in [-0.15, -0.1) is 0 Å². The molecule has 0 amide bonds. The van der Waals surface area contributed by atoms with Gasteiger partial charge in [0.2, 0.25) is 0 Å². The molecule has 0 atom stereocenters. The highest BCUT2D eigenvalue weighted by atomic mass is 14.9. The van der Waals surface area contributed by atoms with Gasteiger partial charge in [0.15, 0.2) is 0 Å². The van der Waals surface area contributed by atoms with Crippen molar-refractivity contribution >= 4 is 0 Å². The maximum atomic E-state index is 3.77. The molecule has 1 heteroatoms. The molecule has 1 N–H and O–H groups in total. The van der Waals surface area contributed by atoms with Gasteiger partial charge < -0.3 is 5.32 Å². The van der Waals surface area contributed by atoms with Gasteiger partial charge in [-0.1, -0.05) is 64.7 Å². The highest BCUT2D eigenvalue weighted by molar-refractivity contribution is 4.69. The van der Waals surface area contributed by atoms with Crippen LogP contribution in [-0.2, 0) is 0 Å². The van der Waals surface area contributed by atoms with Crippen molar-refractivity contribution in [3.8, 4) is 0 Å². The zero-order valence-electron chi connectivity index (χ0n) is 11.3. The van der Waals surface area contributed by atoms with Crippen molar-refractivity contribution in [2.45, 2.75) is 90.0 Å². The lowest BCUT2D eigenvalue weighted by Gasteiger charge is -2.21. The lowest BCUT2D eigenvalue weighted by Crippen LogP contribution is -2.30. The van der Waals surface area contributed by atoms with Gasteiger partial charge in [0.1, 0.15) is 0 Å². The summed E-state index contributed by atoms with van der Waals surface area (Å²) in [6.07, 6.45) is 17.2. The molecule has 1 rings (SSSR count). The molecular weight excluding hydrogens is 194 g/mol. The van der Waals surface area contributed by atoms with Crippen molar-refractivity contribution in [1.29, 1.82) is 0 Å². The molecule has 1 aliphatic rings. The molecule has 0 spiro atoms. The first-order valence-corrected chi connectivity index (χ1v) is 7.67. The Balaban J connectivity index is 1.93. The molecule has 0 saturated heterocycles. The zero-order chi connectivity index (χ0) is 11.5. The van der Waals surface area contributed by atoms with Gasteiger partial charge >= 0.3 is 0 Å². The minimum atomic E-state index is 0.839. The molecule has 1 aliphatic carbocycles. The predicted octanol–water partition coefficient (Wildman–Crippen LogP) is 4.66. The van der Waals surface area contributed by atoms with Crippen LogP contribution in [0.15, 0.2) is 0 Å². The average Bonchev–Trinajstić information content (AvgIpc) is 2.25. The van der Waals surface area contributed by atoms with Crippen LogP contribution in [-0.4, -0.2) is 12.6 Å². The quantitative estimate of drug-likeness (QED) is 0.621. The molecule has 0 aromatic rings. The van der Waals surface area contributed by atoms with Crippen LogP contribution in [0, 0.1) is 0 Å². The third-order valence-electron chi connectivity index (χ3n) is 3.82. The number of nitrogens with one attached hydrogen (secondary N) is 1. The van der Waals surface area contributed by atoms with E-state index in [1.54, 1.807) is 0 Å². The third-order valence-corrected chi connectivity index (χ3v) is 3.82. The fraction of sp³-hybridized carbons (Fsp3) is 1.00. The molecular formula is C15H31N. The van der Waals surface area contributed by atoms with E-state index in [1.807, 2.05) is 0 Å². The minimum absolute atomic E-state index is 0.839. The summed E-state index contributed by atoms with van der Waals surface area (Å²) in [4.78, 5) is 0. The van der Waals surface area contributed by atoms with Crippen molar-refractivity contribution in [3.05, 3.63) is 0 Å². The minimum Gasteiger partial charge on any atom is -0.314 e. The second-order valence-corrected chi connectivity index (χ2v) is 5.41. The molecule has 0 unspecified atom stereocenters. The number of hydrogen-bond acceptors (Lipinski definition) is 1. The average molecular weight is 225 g/mol. The van der Waals surface area contributed by atoms with Crippen LogP contribution in [0.3, 0.4) is 0 Å². The largest absolute Gasteiger partial charge is 0.314 e. The SMILES string of the molecule is CCCCCCCNC1CCCCCCC1. The van der Waals surface area contributed by atoms with E-state index >= 15 is 0 Å². The van der Waals surface area contributed by atoms with Crippen LogP contribution in [0.25, 0.3) is 0 Å². The van der Waals surface area contributed by atoms with E-state index in [1.165, 1.54) is 83.6 Å². The molecule has 16 heavy (non-hydrogen) atoms. The Bertz CT molecular complexity index is 136. The smallest absolute Gasteiger partial charge is 0.00670 e. The van der Waals surface area contributed by atoms with Crippen LogP contribution >= 0.6 is 0 Å². The summed E-state index contributed by atoms with van der Waals surface area (Å²) in [6, 6.07) is 0.839. The zero-order valence-corrected chi connectivity index (χ0v) is 11.3. The van der Waals surface area contributed by atoms with Crippen molar-refractivity contribution in [3.63, 3.8) is 0 Å². The summed E-state index contributed by atoms with van der Waals surface area (Å²) in [5.74, 6) is 0. The molecule has 0 bridgehead atoms. The van der Waals surface area contributed by atoms with Gasteiger partial charge in [-0.2, -0.15) is 0 Å². The second kappa shape index (κ2) is 10.1. The molecule has 0 aromatic heterocycles. The fourth-order valence-corrected chi connectivity index (χ4v) is 2.70. The van der Waals surface area contributed by atoms with E-state index in [9.17, 15) is 0 Å². The molecule has 1 fully saturated rings. The normalized spacial score (nSPS) is 19.3. The molecule has 1 nitrogen and oxygen atoms in total. The van der Waals surface area contributed by atoms with E-state index in [2.05, 4.69) is 12.2 Å². The van der Waals surface area contributed by atoms with Crippen LogP contribution in [0.2, 0.25) is 0 Å². The van der Waals surface area contributed by atoms with Crippen LogP contribution in [0.1, 0.15) is 84.0 Å². The summed E-state index contributed by atoms with van der Waals surface area (Å²) in [5, 5.41) is 3.77. The monoisotopic (exact) mass is 225 g/mol. The number of hydrogen-bond donors (Lipinski definition) is 1. The standard InChI is InChI=1S/C15H31N/c1-2-3-4-8-11-14-16-15-12-9-6-5-7-10-13-15/h15-16H,2-14H2,1H3. The van der Waals surface area contributed by atoms with E-state index in [0.717, 1.165) is 6.04 Å². The Morgan fingerprint density at radius 3 is 2.12 bits per heavy atom. The van der Waals surface area contributed by atoms with E-state index in [4.69, 9.17) is 0 Å². The Kier molecular flexibility index (Phi) is 8.88. The molecule has 0 radical (unpaired) electrons. The van der Waals surface area contributed by atoms with Crippen LogP contribution in [0.5, 0.6) is 0 Å². The highest BCUT2D eigenvalue weighted by Gasteiger charge is 2.09. The lowest BCUT2D eigenvalue weighted by atomic mass is 9.96. The first-order valence-electron chi connectivity index (χ1n) is 7.67. The molecule has 0 heterocycles. The first kappa shape index (κ1) is 14.0. The molecule has 0 aromatic carbocycles. The van der Waals surface area contributed by atoms with Gasteiger partial charge in [-0.05, 0) is 25.8 Å². The summed E-state index contributed by atoms with van der Waals surface area (Å²) in [7, 11) is 0. The lowest BCUT2D eigenvalue weighted by molar-refractivity contribution is 0.386. The van der Waals surface area contributed by atoms with Crippen LogP contribution < -0.4 is 5.32 Å². The molecule has 96 valence electrons. The maximum Gasteiger partial charge on any atom is 0.00670 e. The van der Waals surface area contributed by atoms with E-state index in [0.29, 0.717) is 0 Å². The van der Waals surface area contributed by atoms with E-state index in [-0.39, 0.29) is 0 Å². The number of rotatable bonds is 7. The van der Waals surface area contributed by atoms with Gasteiger partial charge in [0.05, 0.1) is 0 Å². The van der Waals surface area contributed by atoms with Crippen molar-refractivity contribution in [2.75, 3.05) is 6.54 Å². The molecule has 0 aliphatic heterocycles. The maximum absolute atomic E-state index is 3.77. The summed E-state index contributed by atoms with van der Waals surface area (Å²) >= 11 is 0. The topological polar surface area (TPSA) is 12.0 Å². The molecule has 1 saturated carbocycles. The highest BCUT2D eigenvalue weighted by Crippen LogP contribution is 2.17. The third kappa shape index (κ3) is 7.27. The van der Waals surface area contributed by atoms with Crippen LogP contribution in [0.4, 0.5) is 0 Å². The Labute approximate surface area is 102 Å². The Hall–Kier alpha value is -0.0400. The van der Waals surface area contributed by atoms with Gasteiger partial charge in [0.25, 0.3) is 0 Å². The van der Waals surface area contributed by atoms with Gasteiger partial charge in [0, 0.05) is 6.04 Å². The van der Waals surface area contributed by atoms with E-state index < -0.39 is 0 Å². The predicted molar refractivity (Wildman–Crippen MR) is 72.9 cm³/mol. The summed E-state index contributed by atoms with van der Waals surface area (Å²) in [6.45, 7) is 3.54. The fourth-order valence-electron chi connectivity index (χ4n) is 2.70. The number of unbranched alkanes of at least 4 members (excludes halogenated alkanes) is 4. The Morgan fingerprint density at radius 2 is 1.44 bits per heavy atom. The summed E-state index contributed by atoms with van der Waals surface area (Å²) in [5.41, 5.74) is 0. The van der Waals surface area contributed by atoms with Crippen molar-refractivity contribution in [2.24, 2.45) is 0 Å². The Morgan fingerprint density at radius 1 is 0.812 bits per heavy atom. The summed E-state index contributed by atoms with van der Waals surface area (Å²) < 4.78 is 0.